The zero-order chi connectivity index (χ0) is 26.1. The van der Waals surface area contributed by atoms with Crippen LogP contribution in [0.5, 0.6) is 5.75 Å². The average molecular weight is 500 g/mol. The van der Waals surface area contributed by atoms with Gasteiger partial charge in [-0.1, -0.05) is 60.7 Å². The van der Waals surface area contributed by atoms with E-state index in [1.54, 1.807) is 23.2 Å². The van der Waals surface area contributed by atoms with Crippen LogP contribution in [0.3, 0.4) is 0 Å². The van der Waals surface area contributed by atoms with Crippen LogP contribution in [0.15, 0.2) is 84.2 Å². The highest BCUT2D eigenvalue weighted by atomic mass is 16.5. The van der Waals surface area contributed by atoms with Crippen molar-refractivity contribution in [2.75, 3.05) is 7.11 Å². The molecule has 3 unspecified atom stereocenters. The topological polar surface area (TPSA) is 143 Å². The molecule has 3 atom stereocenters. The number of carbonyl (C=O) groups is 2. The highest BCUT2D eigenvalue weighted by Crippen LogP contribution is 2.45. The fourth-order valence-electron chi connectivity index (χ4n) is 5.08. The van der Waals surface area contributed by atoms with Gasteiger partial charge in [0.2, 0.25) is 5.91 Å². The first-order valence-electron chi connectivity index (χ1n) is 12.0. The highest BCUT2D eigenvalue weighted by Gasteiger charge is 2.41. The number of rotatable bonds is 7. The Morgan fingerprint density at radius 1 is 1.05 bits per heavy atom. The van der Waals surface area contributed by atoms with Crippen LogP contribution in [-0.2, 0) is 11.3 Å². The number of amides is 2. The summed E-state index contributed by atoms with van der Waals surface area (Å²) in [4.78, 5) is 25.0. The van der Waals surface area contributed by atoms with Gasteiger partial charge < -0.3 is 26.6 Å². The third kappa shape index (κ3) is 4.50. The predicted molar refractivity (Wildman–Crippen MR) is 137 cm³/mol. The Kier molecular flexibility index (Phi) is 6.56. The van der Waals surface area contributed by atoms with Crippen LogP contribution in [-0.4, -0.2) is 29.0 Å². The summed E-state index contributed by atoms with van der Waals surface area (Å²) in [6.45, 7) is 0.318. The maximum Gasteiger partial charge on any atom is 0.255 e. The van der Waals surface area contributed by atoms with Gasteiger partial charge in [0.1, 0.15) is 11.6 Å². The number of nitrogens with one attached hydrogen (secondary N) is 2. The molecular weight excluding hydrogens is 470 g/mol. The normalized spacial score (nSPS) is 20.6. The Morgan fingerprint density at radius 2 is 1.73 bits per heavy atom. The number of hydrazine groups is 1. The summed E-state index contributed by atoms with van der Waals surface area (Å²) in [5, 5.41) is 15.2. The molecule has 190 valence electrons. The molecule has 9 heteroatoms. The molecule has 0 bridgehead atoms. The fraction of sp³-hybridized carbons (Fsp3) is 0.214. The summed E-state index contributed by atoms with van der Waals surface area (Å²) in [5.74, 6) is -0.0922. The number of carbonyl (C=O) groups excluding carboxylic acids is 2. The van der Waals surface area contributed by atoms with Gasteiger partial charge in [-0.25, -0.2) is 5.43 Å². The molecule has 0 saturated heterocycles. The molecular formula is C28H29N5O4. The lowest BCUT2D eigenvalue weighted by molar-refractivity contribution is -0.114. The number of primary amides is 1. The van der Waals surface area contributed by atoms with Crippen molar-refractivity contribution in [2.45, 2.75) is 31.2 Å². The van der Waals surface area contributed by atoms with Gasteiger partial charge in [-0.05, 0) is 34.4 Å². The van der Waals surface area contributed by atoms with Crippen molar-refractivity contribution < 1.29 is 19.4 Å². The van der Waals surface area contributed by atoms with E-state index in [1.165, 1.54) is 7.11 Å². The number of nitrogens with zero attached hydrogens (tertiary/aromatic N) is 1. The van der Waals surface area contributed by atoms with Gasteiger partial charge in [-0.2, -0.15) is 0 Å². The lowest BCUT2D eigenvalue weighted by Crippen LogP contribution is -2.38. The van der Waals surface area contributed by atoms with Gasteiger partial charge in [0, 0.05) is 13.0 Å². The number of ether oxygens (including phenoxy) is 1. The molecule has 1 aliphatic heterocycles. The number of benzene rings is 3. The van der Waals surface area contributed by atoms with E-state index < -0.39 is 18.1 Å². The maximum absolute atomic E-state index is 12.6. The second-order valence-electron chi connectivity index (χ2n) is 9.12. The minimum absolute atomic E-state index is 0.236. The van der Waals surface area contributed by atoms with Gasteiger partial charge in [0.05, 0.1) is 36.4 Å². The summed E-state index contributed by atoms with van der Waals surface area (Å²) >= 11 is 0. The van der Waals surface area contributed by atoms with Crippen molar-refractivity contribution in [3.05, 3.63) is 112 Å². The Balaban J connectivity index is 1.32. The third-order valence-corrected chi connectivity index (χ3v) is 6.95. The quantitative estimate of drug-likeness (QED) is 0.336. The van der Waals surface area contributed by atoms with E-state index >= 15 is 0 Å². The summed E-state index contributed by atoms with van der Waals surface area (Å²) in [7, 11) is 1.53. The van der Waals surface area contributed by atoms with Gasteiger partial charge in [-0.3, -0.25) is 14.6 Å². The Bertz CT molecular complexity index is 1370. The first kappa shape index (κ1) is 24.4. The largest absolute Gasteiger partial charge is 0.496 e. The number of aliphatic hydroxyl groups excluding tert-OH is 1. The van der Waals surface area contributed by atoms with E-state index in [-0.39, 0.29) is 23.3 Å². The van der Waals surface area contributed by atoms with Gasteiger partial charge >= 0.3 is 0 Å². The van der Waals surface area contributed by atoms with Crippen LogP contribution >= 0.6 is 0 Å². The standard InChI is InChI=1S/C28H29N5O4/c1-37-23-9-5-4-8-20(23)28(36)31-15-16-10-12-17(13-11-16)25-24(27(30)35)26(29)33(32-25)21-14-22(34)19-7-3-2-6-18(19)21/h2-13,21-22,25,32,34H,14-15,29H2,1H3,(H2,30,35)(H,31,36). The van der Waals surface area contributed by atoms with E-state index in [1.807, 2.05) is 54.6 Å². The molecule has 5 rings (SSSR count). The first-order chi connectivity index (χ1) is 17.9. The van der Waals surface area contributed by atoms with Crippen LogP contribution in [0.25, 0.3) is 0 Å². The van der Waals surface area contributed by atoms with E-state index in [0.717, 1.165) is 22.3 Å². The van der Waals surface area contributed by atoms with Crippen LogP contribution in [0.1, 0.15) is 57.2 Å². The number of nitrogens with two attached hydrogens (primary N) is 2. The van der Waals surface area contributed by atoms with Gasteiger partial charge in [0.25, 0.3) is 5.91 Å². The molecule has 9 nitrogen and oxygen atoms in total. The smallest absolute Gasteiger partial charge is 0.255 e. The minimum atomic E-state index is -0.614. The average Bonchev–Trinajstić information content (AvgIpc) is 3.44. The van der Waals surface area contributed by atoms with Crippen LogP contribution in [0.2, 0.25) is 0 Å². The van der Waals surface area contributed by atoms with Crippen molar-refractivity contribution in [2.24, 2.45) is 11.5 Å². The second kappa shape index (κ2) is 9.96. The number of hydrogen-bond donors (Lipinski definition) is 5. The molecule has 0 saturated carbocycles. The Labute approximate surface area is 214 Å². The molecule has 0 fully saturated rings. The van der Waals surface area contributed by atoms with Gasteiger partial charge in [0.15, 0.2) is 0 Å². The molecule has 2 aliphatic rings. The number of para-hydroxylation sites is 1. The van der Waals surface area contributed by atoms with Crippen molar-refractivity contribution in [3.63, 3.8) is 0 Å². The second-order valence-corrected chi connectivity index (χ2v) is 9.12. The van der Waals surface area contributed by atoms with Crippen LogP contribution in [0.4, 0.5) is 0 Å². The number of hydrogen-bond acceptors (Lipinski definition) is 7. The molecule has 7 N–H and O–H groups in total. The number of fused-ring (bicyclic) bond motifs is 1. The summed E-state index contributed by atoms with van der Waals surface area (Å²) in [6, 6.07) is 21.4. The molecule has 37 heavy (non-hydrogen) atoms. The van der Waals surface area contributed by atoms with E-state index in [4.69, 9.17) is 16.2 Å². The zero-order valence-electron chi connectivity index (χ0n) is 20.3. The molecule has 1 heterocycles. The Hall–Kier alpha value is -4.34. The summed E-state index contributed by atoms with van der Waals surface area (Å²) in [5.41, 5.74) is 19.7. The number of methoxy groups -OCH3 is 1. The zero-order valence-corrected chi connectivity index (χ0v) is 20.3. The monoisotopic (exact) mass is 499 g/mol. The lowest BCUT2D eigenvalue weighted by atomic mass is 9.98. The van der Waals surface area contributed by atoms with Crippen LogP contribution in [0, 0.1) is 0 Å². The highest BCUT2D eigenvalue weighted by molar-refractivity contribution is 5.97. The minimum Gasteiger partial charge on any atom is -0.496 e. The van der Waals surface area contributed by atoms with Crippen molar-refractivity contribution >= 4 is 11.8 Å². The predicted octanol–water partition coefficient (Wildman–Crippen LogP) is 2.32. The summed E-state index contributed by atoms with van der Waals surface area (Å²) in [6.07, 6.45) is -0.173. The van der Waals surface area contributed by atoms with Crippen molar-refractivity contribution in [1.82, 2.24) is 15.8 Å². The Morgan fingerprint density at radius 3 is 2.43 bits per heavy atom. The lowest BCUT2D eigenvalue weighted by Gasteiger charge is -2.29. The summed E-state index contributed by atoms with van der Waals surface area (Å²) < 4.78 is 5.26. The first-order valence-corrected chi connectivity index (χ1v) is 12.0. The molecule has 0 aromatic heterocycles. The van der Waals surface area contributed by atoms with Crippen molar-refractivity contribution in [3.8, 4) is 5.75 Å². The van der Waals surface area contributed by atoms with Crippen LogP contribution < -0.4 is 26.9 Å². The fourth-order valence-corrected chi connectivity index (χ4v) is 5.08. The maximum atomic E-state index is 12.6. The molecule has 0 radical (unpaired) electrons. The molecule has 0 spiro atoms. The molecule has 1 aliphatic carbocycles. The van der Waals surface area contributed by atoms with Gasteiger partial charge in [-0.15, -0.1) is 0 Å². The van der Waals surface area contributed by atoms with Crippen molar-refractivity contribution in [1.29, 1.82) is 0 Å². The van der Waals surface area contributed by atoms with E-state index in [0.29, 0.717) is 24.3 Å². The molecule has 3 aromatic rings. The van der Waals surface area contributed by atoms with E-state index in [9.17, 15) is 14.7 Å². The third-order valence-electron chi connectivity index (χ3n) is 6.95. The molecule has 3 aromatic carbocycles. The molecule has 2 amide bonds. The number of aliphatic hydroxyl groups is 1. The van der Waals surface area contributed by atoms with E-state index in [2.05, 4.69) is 10.7 Å². The SMILES string of the molecule is COc1ccccc1C(=O)NCc1ccc(C2NN(C3CC(O)c4ccccc43)C(N)=C2C(N)=O)cc1.